The molecule has 0 N–H and O–H groups in total. The van der Waals surface area contributed by atoms with Gasteiger partial charge >= 0.3 is 0 Å². The fraction of sp³-hybridized carbons (Fsp3) is 0.172. The Balaban J connectivity index is 1.61. The Morgan fingerprint density at radius 2 is 1.69 bits per heavy atom. The predicted molar refractivity (Wildman–Crippen MR) is 141 cm³/mol. The van der Waals surface area contributed by atoms with Gasteiger partial charge in [-0.15, -0.1) is 0 Å². The first kappa shape index (κ1) is 23.9. The van der Waals surface area contributed by atoms with Gasteiger partial charge in [-0.25, -0.2) is 14.4 Å². The maximum Gasteiger partial charge on any atom is 0.212 e. The van der Waals surface area contributed by atoms with Gasteiger partial charge in [0.05, 0.1) is 24.2 Å². The van der Waals surface area contributed by atoms with E-state index in [2.05, 4.69) is 22.5 Å². The molecule has 36 heavy (non-hydrogen) atoms. The molecule has 7 heteroatoms. The van der Waals surface area contributed by atoms with Gasteiger partial charge in [0.2, 0.25) is 5.88 Å². The van der Waals surface area contributed by atoms with Crippen LogP contribution in [0.15, 0.2) is 90.0 Å². The van der Waals surface area contributed by atoms with Crippen molar-refractivity contribution in [1.82, 2.24) is 14.5 Å². The third-order valence-electron chi connectivity index (χ3n) is 6.40. The van der Waals surface area contributed by atoms with Crippen molar-refractivity contribution in [3.8, 4) is 17.0 Å². The summed E-state index contributed by atoms with van der Waals surface area (Å²) in [5, 5.41) is 0. The number of pyridine rings is 1. The highest BCUT2D eigenvalue weighted by Crippen LogP contribution is 2.31. The maximum atomic E-state index is 13.6. The first-order valence-corrected chi connectivity index (χ1v) is 13.2. The van der Waals surface area contributed by atoms with E-state index in [0.717, 1.165) is 44.0 Å². The number of nitrogens with zero attached hydrogens (tertiary/aromatic N) is 3. The lowest BCUT2D eigenvalue weighted by atomic mass is 10.1. The average Bonchev–Trinajstić information content (AvgIpc) is 3.26. The SMILES string of the molecule is COc1ccc(-c2ccc3nc(Cc4ccc(S(C)=O)cc4)n([C@@H](C)c4ccc(F)cc4)c3c2)cn1. The summed E-state index contributed by atoms with van der Waals surface area (Å²) in [5.74, 6) is 1.21. The van der Waals surface area contributed by atoms with Crippen LogP contribution in [-0.4, -0.2) is 32.1 Å². The highest BCUT2D eigenvalue weighted by molar-refractivity contribution is 7.84. The topological polar surface area (TPSA) is 57.0 Å². The molecule has 5 nitrogen and oxygen atoms in total. The van der Waals surface area contributed by atoms with Gasteiger partial charge in [0.25, 0.3) is 0 Å². The Hall–Kier alpha value is -3.84. The molecule has 0 amide bonds. The number of halogens is 1. The van der Waals surface area contributed by atoms with Gasteiger partial charge in [-0.05, 0) is 66.1 Å². The van der Waals surface area contributed by atoms with Crippen LogP contribution in [0.1, 0.15) is 29.9 Å². The molecule has 0 saturated heterocycles. The lowest BCUT2D eigenvalue weighted by Gasteiger charge is -2.19. The number of aromatic nitrogens is 3. The molecule has 0 fully saturated rings. The number of hydrogen-bond acceptors (Lipinski definition) is 4. The van der Waals surface area contributed by atoms with E-state index in [1.165, 1.54) is 12.1 Å². The molecule has 0 saturated carbocycles. The van der Waals surface area contributed by atoms with Crippen LogP contribution >= 0.6 is 0 Å². The Morgan fingerprint density at radius 1 is 0.972 bits per heavy atom. The van der Waals surface area contributed by atoms with Crippen LogP contribution in [0.3, 0.4) is 0 Å². The quantitative estimate of drug-likeness (QED) is 0.268. The molecule has 2 aromatic heterocycles. The summed E-state index contributed by atoms with van der Waals surface area (Å²) in [6.45, 7) is 2.10. The first-order valence-electron chi connectivity index (χ1n) is 11.6. The summed E-state index contributed by atoms with van der Waals surface area (Å²) in [6.07, 6.45) is 4.08. The second kappa shape index (κ2) is 10.0. The zero-order valence-corrected chi connectivity index (χ0v) is 21.1. The van der Waals surface area contributed by atoms with Gasteiger partial charge in [-0.1, -0.05) is 30.3 Å². The summed E-state index contributed by atoms with van der Waals surface area (Å²) >= 11 is 0. The average molecular weight is 500 g/mol. The summed E-state index contributed by atoms with van der Waals surface area (Å²) < 4.78 is 32.9. The van der Waals surface area contributed by atoms with Crippen molar-refractivity contribution in [2.24, 2.45) is 0 Å². The zero-order valence-electron chi connectivity index (χ0n) is 20.3. The molecule has 0 aliphatic heterocycles. The summed E-state index contributed by atoms with van der Waals surface area (Å²) in [4.78, 5) is 10.1. The molecule has 0 spiro atoms. The van der Waals surface area contributed by atoms with Crippen LogP contribution in [0, 0.1) is 5.82 Å². The normalized spacial score (nSPS) is 13.0. The van der Waals surface area contributed by atoms with Gasteiger partial charge in [-0.2, -0.15) is 0 Å². The third-order valence-corrected chi connectivity index (χ3v) is 7.33. The highest BCUT2D eigenvalue weighted by atomic mass is 32.2. The van der Waals surface area contributed by atoms with Crippen LogP contribution in [0.25, 0.3) is 22.2 Å². The standard InChI is InChI=1S/C29H26FN3O2S/c1-19(21-6-10-24(30)11-7-21)33-27-17-22(23-9-15-29(35-2)31-18-23)8-14-26(27)32-28(33)16-20-4-12-25(13-5-20)36(3)34/h4-15,17-19H,16H2,1-3H3/t19-,36?/m0/s1. The van der Waals surface area contributed by atoms with Crippen molar-refractivity contribution >= 4 is 21.8 Å². The number of methoxy groups -OCH3 is 1. The molecular formula is C29H26FN3O2S. The Kier molecular flexibility index (Phi) is 6.65. The first-order chi connectivity index (χ1) is 17.4. The van der Waals surface area contributed by atoms with Crippen LogP contribution in [-0.2, 0) is 17.2 Å². The second-order valence-electron chi connectivity index (χ2n) is 8.69. The maximum absolute atomic E-state index is 13.6. The van der Waals surface area contributed by atoms with E-state index < -0.39 is 10.8 Å². The van der Waals surface area contributed by atoms with E-state index in [1.807, 2.05) is 60.7 Å². The molecule has 0 radical (unpaired) electrons. The van der Waals surface area contributed by atoms with Crippen LogP contribution in [0.5, 0.6) is 5.88 Å². The molecule has 3 aromatic carbocycles. The Bertz CT molecular complexity index is 1530. The van der Waals surface area contributed by atoms with Gasteiger partial charge < -0.3 is 9.30 Å². The number of fused-ring (bicyclic) bond motifs is 1. The minimum Gasteiger partial charge on any atom is -0.481 e. The summed E-state index contributed by atoms with van der Waals surface area (Å²) in [6, 6.07) is 24.4. The molecule has 2 heterocycles. The molecule has 2 atom stereocenters. The molecule has 0 bridgehead atoms. The fourth-order valence-electron chi connectivity index (χ4n) is 4.42. The number of ether oxygens (including phenoxy) is 1. The van der Waals surface area contributed by atoms with E-state index in [0.29, 0.717) is 12.3 Å². The van der Waals surface area contributed by atoms with Crippen LogP contribution in [0.4, 0.5) is 4.39 Å². The van der Waals surface area contributed by atoms with E-state index in [-0.39, 0.29) is 11.9 Å². The van der Waals surface area contributed by atoms with Gasteiger partial charge in [0, 0.05) is 46.2 Å². The lowest BCUT2D eigenvalue weighted by Crippen LogP contribution is -2.11. The van der Waals surface area contributed by atoms with E-state index >= 15 is 0 Å². The number of hydrogen-bond donors (Lipinski definition) is 0. The molecule has 5 aromatic rings. The van der Waals surface area contributed by atoms with Crippen molar-refractivity contribution in [2.45, 2.75) is 24.3 Å². The smallest absolute Gasteiger partial charge is 0.212 e. The summed E-state index contributed by atoms with van der Waals surface area (Å²) in [5.41, 5.74) is 5.93. The van der Waals surface area contributed by atoms with Crippen molar-refractivity contribution in [2.75, 3.05) is 13.4 Å². The van der Waals surface area contributed by atoms with Crippen LogP contribution < -0.4 is 4.74 Å². The predicted octanol–water partition coefficient (Wildman–Crippen LogP) is 6.18. The third kappa shape index (κ3) is 4.79. The summed E-state index contributed by atoms with van der Waals surface area (Å²) in [7, 11) is 0.575. The molecule has 0 aliphatic rings. The van der Waals surface area contributed by atoms with Crippen LogP contribution in [0.2, 0.25) is 0 Å². The number of rotatable bonds is 7. The Morgan fingerprint density at radius 3 is 2.33 bits per heavy atom. The fourth-order valence-corrected chi connectivity index (χ4v) is 4.94. The van der Waals surface area contributed by atoms with Crippen molar-refractivity contribution in [1.29, 1.82) is 0 Å². The Labute approximate surface area is 212 Å². The molecule has 0 aliphatic carbocycles. The van der Waals surface area contributed by atoms with Crippen molar-refractivity contribution in [3.63, 3.8) is 0 Å². The minimum absolute atomic E-state index is 0.0720. The lowest BCUT2D eigenvalue weighted by molar-refractivity contribution is 0.398. The van der Waals surface area contributed by atoms with Crippen molar-refractivity contribution in [3.05, 3.63) is 108 Å². The highest BCUT2D eigenvalue weighted by Gasteiger charge is 2.19. The molecular weight excluding hydrogens is 473 g/mol. The molecule has 182 valence electrons. The van der Waals surface area contributed by atoms with Crippen molar-refractivity contribution < 1.29 is 13.3 Å². The van der Waals surface area contributed by atoms with Gasteiger partial charge in [0.15, 0.2) is 0 Å². The number of benzene rings is 3. The second-order valence-corrected chi connectivity index (χ2v) is 10.1. The van der Waals surface area contributed by atoms with E-state index in [4.69, 9.17) is 9.72 Å². The van der Waals surface area contributed by atoms with Gasteiger partial charge in [-0.3, -0.25) is 4.21 Å². The van der Waals surface area contributed by atoms with E-state index in [1.54, 1.807) is 19.6 Å². The van der Waals surface area contributed by atoms with Gasteiger partial charge in [0.1, 0.15) is 11.6 Å². The molecule has 5 rings (SSSR count). The minimum atomic E-state index is -1.02. The van der Waals surface area contributed by atoms with E-state index in [9.17, 15) is 8.60 Å². The largest absolute Gasteiger partial charge is 0.481 e. The monoisotopic (exact) mass is 499 g/mol. The molecule has 1 unspecified atom stereocenters. The number of imidazole rings is 1. The zero-order chi connectivity index (χ0) is 25.2.